The number of para-hydroxylation sites is 1. The lowest BCUT2D eigenvalue weighted by Crippen LogP contribution is -2.41. The van der Waals surface area contributed by atoms with Crippen LogP contribution >= 0.6 is 0 Å². The first-order valence-electron chi connectivity index (χ1n) is 8.60. The standard InChI is InChI=1S/C18H22N2O8S/c1-26-16(21)11-13(17(22)27-2)19-12-7-4-5-9-15(12)29(24,25)20-10-6-8-14(20)18(23)28-3/h4-5,7,9,11,14,19H,6,8,10H2,1-3H3/b13-11+. The van der Waals surface area contributed by atoms with Crippen LogP contribution in [-0.2, 0) is 38.6 Å². The first-order chi connectivity index (χ1) is 13.8. The average molecular weight is 426 g/mol. The van der Waals surface area contributed by atoms with Crippen LogP contribution in [0.2, 0.25) is 0 Å². The van der Waals surface area contributed by atoms with Crippen LogP contribution in [0.15, 0.2) is 40.9 Å². The van der Waals surface area contributed by atoms with Gasteiger partial charge in [0.2, 0.25) is 10.0 Å². The van der Waals surface area contributed by atoms with E-state index in [4.69, 9.17) is 4.74 Å². The molecular weight excluding hydrogens is 404 g/mol. The van der Waals surface area contributed by atoms with Crippen LogP contribution in [0.4, 0.5) is 5.69 Å². The SMILES string of the molecule is COC(=O)/C=C(/Nc1ccccc1S(=O)(=O)N1CCCC1C(=O)OC)C(=O)OC. The van der Waals surface area contributed by atoms with E-state index in [1.165, 1.54) is 25.3 Å². The summed E-state index contributed by atoms with van der Waals surface area (Å²) < 4.78 is 41.4. The van der Waals surface area contributed by atoms with Crippen LogP contribution in [-0.4, -0.2) is 64.5 Å². The number of carbonyl (C=O) groups excluding carboxylic acids is 3. The molecule has 0 saturated carbocycles. The van der Waals surface area contributed by atoms with E-state index < -0.39 is 34.0 Å². The van der Waals surface area contributed by atoms with Crippen LogP contribution in [0, 0.1) is 0 Å². The highest BCUT2D eigenvalue weighted by molar-refractivity contribution is 7.89. The largest absolute Gasteiger partial charge is 0.468 e. The van der Waals surface area contributed by atoms with Gasteiger partial charge in [0.05, 0.1) is 33.1 Å². The third kappa shape index (κ3) is 4.93. The molecule has 2 rings (SSSR count). The van der Waals surface area contributed by atoms with E-state index in [1.54, 1.807) is 6.07 Å². The Kier molecular flexibility index (Phi) is 7.35. The third-order valence-corrected chi connectivity index (χ3v) is 6.25. The molecule has 0 bridgehead atoms. The van der Waals surface area contributed by atoms with Gasteiger partial charge >= 0.3 is 17.9 Å². The molecule has 0 amide bonds. The Morgan fingerprint density at radius 3 is 2.41 bits per heavy atom. The molecule has 1 aromatic carbocycles. The molecule has 1 aromatic rings. The molecule has 1 aliphatic rings. The quantitative estimate of drug-likeness (QED) is 0.380. The van der Waals surface area contributed by atoms with Crippen LogP contribution in [0.1, 0.15) is 12.8 Å². The fraction of sp³-hybridized carbons (Fsp3) is 0.389. The fourth-order valence-corrected chi connectivity index (χ4v) is 4.69. The normalized spacial score (nSPS) is 17.5. The summed E-state index contributed by atoms with van der Waals surface area (Å²) in [7, 11) is -0.670. The number of benzene rings is 1. The maximum absolute atomic E-state index is 13.2. The van der Waals surface area contributed by atoms with E-state index in [0.717, 1.165) is 24.6 Å². The molecule has 0 aromatic heterocycles. The Bertz CT molecular complexity index is 926. The van der Waals surface area contributed by atoms with Crippen LogP contribution < -0.4 is 5.32 Å². The first kappa shape index (κ1) is 22.4. The zero-order valence-electron chi connectivity index (χ0n) is 16.2. The second kappa shape index (κ2) is 9.52. The van der Waals surface area contributed by atoms with Crippen molar-refractivity contribution in [3.05, 3.63) is 36.0 Å². The Hall–Kier alpha value is -2.92. The molecule has 1 saturated heterocycles. The Labute approximate surface area is 168 Å². The second-order valence-electron chi connectivity index (χ2n) is 5.99. The smallest absolute Gasteiger partial charge is 0.354 e. The number of nitrogens with zero attached hydrogens (tertiary/aromatic N) is 1. The second-order valence-corrected chi connectivity index (χ2v) is 7.85. The number of hydrogen-bond donors (Lipinski definition) is 1. The number of hydrogen-bond acceptors (Lipinski definition) is 9. The number of rotatable bonds is 7. The summed E-state index contributed by atoms with van der Waals surface area (Å²) >= 11 is 0. The van der Waals surface area contributed by atoms with E-state index in [9.17, 15) is 22.8 Å². The maximum Gasteiger partial charge on any atom is 0.354 e. The van der Waals surface area contributed by atoms with Crippen molar-refractivity contribution in [1.29, 1.82) is 0 Å². The summed E-state index contributed by atoms with van der Waals surface area (Å²) in [6.07, 6.45) is 1.70. The third-order valence-electron chi connectivity index (χ3n) is 4.29. The van der Waals surface area contributed by atoms with Crippen molar-refractivity contribution >= 4 is 33.6 Å². The molecule has 1 N–H and O–H groups in total. The summed E-state index contributed by atoms with van der Waals surface area (Å²) in [4.78, 5) is 35.3. The van der Waals surface area contributed by atoms with Crippen molar-refractivity contribution in [2.75, 3.05) is 33.2 Å². The number of nitrogens with one attached hydrogen (secondary N) is 1. The van der Waals surface area contributed by atoms with Gasteiger partial charge in [0.1, 0.15) is 16.6 Å². The molecule has 1 aliphatic heterocycles. The van der Waals surface area contributed by atoms with Crippen molar-refractivity contribution in [1.82, 2.24) is 4.31 Å². The van der Waals surface area contributed by atoms with Crippen LogP contribution in [0.5, 0.6) is 0 Å². The van der Waals surface area contributed by atoms with Gasteiger partial charge in [-0.1, -0.05) is 12.1 Å². The molecule has 1 fully saturated rings. The molecular formula is C18H22N2O8S. The fourth-order valence-electron chi connectivity index (χ4n) is 2.90. The predicted octanol–water partition coefficient (Wildman–Crippen LogP) is 0.654. The monoisotopic (exact) mass is 426 g/mol. The van der Waals surface area contributed by atoms with Gasteiger partial charge < -0.3 is 19.5 Å². The van der Waals surface area contributed by atoms with Gasteiger partial charge in [0.15, 0.2) is 0 Å². The highest BCUT2D eigenvalue weighted by atomic mass is 32.2. The molecule has 0 spiro atoms. The first-order valence-corrected chi connectivity index (χ1v) is 10.0. The van der Waals surface area contributed by atoms with E-state index in [1.807, 2.05) is 0 Å². The average Bonchev–Trinajstić information content (AvgIpc) is 3.23. The topological polar surface area (TPSA) is 128 Å². The highest BCUT2D eigenvalue weighted by Gasteiger charge is 2.41. The molecule has 1 unspecified atom stereocenters. The van der Waals surface area contributed by atoms with E-state index >= 15 is 0 Å². The van der Waals surface area contributed by atoms with Crippen molar-refractivity contribution in [3.8, 4) is 0 Å². The Morgan fingerprint density at radius 2 is 1.79 bits per heavy atom. The van der Waals surface area contributed by atoms with Crippen molar-refractivity contribution in [3.63, 3.8) is 0 Å². The van der Waals surface area contributed by atoms with Gasteiger partial charge in [-0.15, -0.1) is 0 Å². The van der Waals surface area contributed by atoms with Gasteiger partial charge in [-0.2, -0.15) is 4.31 Å². The van der Waals surface area contributed by atoms with Gasteiger partial charge in [0.25, 0.3) is 0 Å². The number of anilines is 1. The highest BCUT2D eigenvalue weighted by Crippen LogP contribution is 2.31. The van der Waals surface area contributed by atoms with Crippen molar-refractivity contribution in [2.45, 2.75) is 23.8 Å². The number of carbonyl (C=O) groups is 3. The molecule has 29 heavy (non-hydrogen) atoms. The minimum Gasteiger partial charge on any atom is -0.468 e. The van der Waals surface area contributed by atoms with Crippen molar-refractivity contribution in [2.24, 2.45) is 0 Å². The lowest BCUT2D eigenvalue weighted by atomic mass is 10.2. The van der Waals surface area contributed by atoms with Gasteiger partial charge in [-0.25, -0.2) is 18.0 Å². The predicted molar refractivity (Wildman–Crippen MR) is 101 cm³/mol. The molecule has 0 aliphatic carbocycles. The lowest BCUT2D eigenvalue weighted by molar-refractivity contribution is -0.144. The molecule has 158 valence electrons. The zero-order valence-corrected chi connectivity index (χ0v) is 17.0. The Balaban J connectivity index is 2.46. The minimum absolute atomic E-state index is 0.0311. The summed E-state index contributed by atoms with van der Waals surface area (Å²) in [6.45, 7) is 0.151. The van der Waals surface area contributed by atoms with Crippen molar-refractivity contribution < 1.29 is 37.0 Å². The number of esters is 3. The summed E-state index contributed by atoms with van der Waals surface area (Å²) in [5, 5.41) is 2.61. The summed E-state index contributed by atoms with van der Waals surface area (Å²) in [5.41, 5.74) is -0.281. The molecule has 0 radical (unpaired) electrons. The van der Waals surface area contributed by atoms with Crippen LogP contribution in [0.25, 0.3) is 0 Å². The molecule has 1 heterocycles. The summed E-state index contributed by atoms with van der Waals surface area (Å²) in [6, 6.07) is 4.88. The molecule has 10 nitrogen and oxygen atoms in total. The number of methoxy groups -OCH3 is 3. The molecule has 11 heteroatoms. The van der Waals surface area contributed by atoms with Gasteiger partial charge in [-0.05, 0) is 25.0 Å². The number of sulfonamides is 1. The maximum atomic E-state index is 13.2. The van der Waals surface area contributed by atoms with E-state index in [0.29, 0.717) is 12.8 Å². The Morgan fingerprint density at radius 1 is 1.10 bits per heavy atom. The summed E-state index contributed by atoms with van der Waals surface area (Å²) in [5.74, 6) is -2.36. The van der Waals surface area contributed by atoms with Crippen LogP contribution in [0.3, 0.4) is 0 Å². The minimum atomic E-state index is -4.11. The zero-order chi connectivity index (χ0) is 21.6. The van der Waals surface area contributed by atoms with E-state index in [2.05, 4.69) is 14.8 Å². The number of ether oxygens (including phenoxy) is 3. The molecule has 1 atom stereocenters. The van der Waals surface area contributed by atoms with Gasteiger partial charge in [-0.3, -0.25) is 4.79 Å². The van der Waals surface area contributed by atoms with E-state index in [-0.39, 0.29) is 22.8 Å². The van der Waals surface area contributed by atoms with Gasteiger partial charge in [0, 0.05) is 6.54 Å². The lowest BCUT2D eigenvalue weighted by Gasteiger charge is -2.23.